The fourth-order valence-electron chi connectivity index (χ4n) is 1.08. The minimum atomic E-state index is -3.31. The standard InChI is InChI=1S/C10H12F2N2O/c1-3-10(11,12)9(15)14(2)8-4-6-13-7-5-8/h4-7H,3H2,1-2H3. The van der Waals surface area contributed by atoms with Gasteiger partial charge in [-0.2, -0.15) is 8.78 Å². The van der Waals surface area contributed by atoms with Crippen LogP contribution in [0.15, 0.2) is 24.5 Å². The summed E-state index contributed by atoms with van der Waals surface area (Å²) in [5.41, 5.74) is 0.406. The molecule has 1 aromatic heterocycles. The first-order valence-corrected chi connectivity index (χ1v) is 4.55. The molecule has 5 heteroatoms. The number of anilines is 1. The Hall–Kier alpha value is -1.52. The average molecular weight is 214 g/mol. The van der Waals surface area contributed by atoms with Crippen LogP contribution >= 0.6 is 0 Å². The molecule has 0 aliphatic carbocycles. The predicted octanol–water partition coefficient (Wildman–Crippen LogP) is 2.09. The fraction of sp³-hybridized carbons (Fsp3) is 0.400. The number of nitrogens with zero attached hydrogens (tertiary/aromatic N) is 2. The van der Waals surface area contributed by atoms with Gasteiger partial charge in [-0.15, -0.1) is 0 Å². The normalized spacial score (nSPS) is 11.2. The van der Waals surface area contributed by atoms with E-state index in [4.69, 9.17) is 0 Å². The van der Waals surface area contributed by atoms with E-state index in [1.807, 2.05) is 0 Å². The van der Waals surface area contributed by atoms with Gasteiger partial charge in [0.05, 0.1) is 0 Å². The molecule has 1 aromatic rings. The molecule has 0 bridgehead atoms. The third kappa shape index (κ3) is 2.49. The Kier molecular flexibility index (Phi) is 3.34. The number of amides is 1. The highest BCUT2D eigenvalue weighted by Crippen LogP contribution is 2.23. The van der Waals surface area contributed by atoms with Gasteiger partial charge in [0.1, 0.15) is 0 Å². The Morgan fingerprint density at radius 1 is 1.47 bits per heavy atom. The van der Waals surface area contributed by atoms with Crippen molar-refractivity contribution in [1.82, 2.24) is 4.98 Å². The predicted molar refractivity (Wildman–Crippen MR) is 52.9 cm³/mol. The van der Waals surface area contributed by atoms with Crippen molar-refractivity contribution in [2.75, 3.05) is 11.9 Å². The molecular formula is C10H12F2N2O. The Bertz CT molecular complexity index is 341. The average Bonchev–Trinajstić information content (AvgIpc) is 2.28. The number of carbonyl (C=O) groups is 1. The molecule has 1 heterocycles. The summed E-state index contributed by atoms with van der Waals surface area (Å²) in [4.78, 5) is 16.0. The van der Waals surface area contributed by atoms with E-state index >= 15 is 0 Å². The van der Waals surface area contributed by atoms with Crippen LogP contribution < -0.4 is 4.90 Å². The lowest BCUT2D eigenvalue weighted by molar-refractivity contribution is -0.142. The van der Waals surface area contributed by atoms with Crippen molar-refractivity contribution < 1.29 is 13.6 Å². The number of alkyl halides is 2. The van der Waals surface area contributed by atoms with Gasteiger partial charge in [-0.1, -0.05) is 6.92 Å². The van der Waals surface area contributed by atoms with Crippen molar-refractivity contribution in [1.29, 1.82) is 0 Å². The summed E-state index contributed by atoms with van der Waals surface area (Å²) in [6.45, 7) is 1.28. The van der Waals surface area contributed by atoms with Gasteiger partial charge >= 0.3 is 5.92 Å². The molecule has 0 radical (unpaired) electrons. The van der Waals surface area contributed by atoms with E-state index in [1.165, 1.54) is 38.5 Å². The zero-order chi connectivity index (χ0) is 11.5. The van der Waals surface area contributed by atoms with Crippen LogP contribution in [0.25, 0.3) is 0 Å². The zero-order valence-electron chi connectivity index (χ0n) is 8.58. The number of hydrogen-bond donors (Lipinski definition) is 0. The van der Waals surface area contributed by atoms with Crippen LogP contribution in [0.2, 0.25) is 0 Å². The van der Waals surface area contributed by atoms with Crippen LogP contribution in [0, 0.1) is 0 Å². The van der Waals surface area contributed by atoms with Gasteiger partial charge in [-0.25, -0.2) is 0 Å². The molecule has 1 amide bonds. The third-order valence-electron chi connectivity index (χ3n) is 2.11. The fourth-order valence-corrected chi connectivity index (χ4v) is 1.08. The Balaban J connectivity index is 2.87. The second-order valence-electron chi connectivity index (χ2n) is 3.13. The SMILES string of the molecule is CCC(F)(F)C(=O)N(C)c1ccncc1. The summed E-state index contributed by atoms with van der Waals surface area (Å²) in [6.07, 6.45) is 2.40. The highest BCUT2D eigenvalue weighted by molar-refractivity contribution is 5.97. The quantitative estimate of drug-likeness (QED) is 0.771. The molecule has 1 rings (SSSR count). The van der Waals surface area contributed by atoms with Crippen LogP contribution in [0.5, 0.6) is 0 Å². The van der Waals surface area contributed by atoms with Crippen molar-refractivity contribution in [2.45, 2.75) is 19.3 Å². The molecule has 15 heavy (non-hydrogen) atoms. The molecule has 0 saturated heterocycles. The van der Waals surface area contributed by atoms with Crippen molar-refractivity contribution in [3.8, 4) is 0 Å². The molecule has 0 atom stereocenters. The molecule has 0 aromatic carbocycles. The Labute approximate surface area is 86.7 Å². The van der Waals surface area contributed by atoms with Crippen LogP contribution in [0.4, 0.5) is 14.5 Å². The summed E-state index contributed by atoms with van der Waals surface area (Å²) < 4.78 is 26.2. The largest absolute Gasteiger partial charge is 0.324 e. The van der Waals surface area contributed by atoms with E-state index in [0.717, 1.165) is 4.90 Å². The molecular weight excluding hydrogens is 202 g/mol. The number of pyridine rings is 1. The van der Waals surface area contributed by atoms with E-state index in [9.17, 15) is 13.6 Å². The smallest absolute Gasteiger partial charge is 0.310 e. The second kappa shape index (κ2) is 4.33. The van der Waals surface area contributed by atoms with Gasteiger partial charge < -0.3 is 4.90 Å². The maximum Gasteiger partial charge on any atom is 0.324 e. The number of hydrogen-bond acceptors (Lipinski definition) is 2. The second-order valence-corrected chi connectivity index (χ2v) is 3.13. The lowest BCUT2D eigenvalue weighted by Crippen LogP contribution is -2.41. The summed E-state index contributed by atoms with van der Waals surface area (Å²) >= 11 is 0. The maximum absolute atomic E-state index is 13.1. The molecule has 0 aliphatic rings. The maximum atomic E-state index is 13.1. The van der Waals surface area contributed by atoms with Gasteiger partial charge in [0.2, 0.25) is 0 Å². The van der Waals surface area contributed by atoms with Gasteiger partial charge in [0, 0.05) is 31.5 Å². The monoisotopic (exact) mass is 214 g/mol. The summed E-state index contributed by atoms with van der Waals surface area (Å²) in [7, 11) is 1.32. The minimum absolute atomic E-state index is 0.406. The molecule has 3 nitrogen and oxygen atoms in total. The molecule has 82 valence electrons. The van der Waals surface area contributed by atoms with E-state index in [0.29, 0.717) is 5.69 Å². The van der Waals surface area contributed by atoms with E-state index in [2.05, 4.69) is 4.98 Å². The molecule has 0 unspecified atom stereocenters. The molecule has 0 aliphatic heterocycles. The number of halogens is 2. The van der Waals surface area contributed by atoms with Crippen LogP contribution in [0.3, 0.4) is 0 Å². The van der Waals surface area contributed by atoms with Crippen LogP contribution in [-0.2, 0) is 4.79 Å². The number of aromatic nitrogens is 1. The Morgan fingerprint density at radius 2 is 2.00 bits per heavy atom. The van der Waals surface area contributed by atoms with Crippen molar-refractivity contribution in [3.63, 3.8) is 0 Å². The van der Waals surface area contributed by atoms with Crippen LogP contribution in [-0.4, -0.2) is 23.9 Å². The van der Waals surface area contributed by atoms with Gasteiger partial charge in [0.15, 0.2) is 0 Å². The lowest BCUT2D eigenvalue weighted by atomic mass is 10.2. The van der Waals surface area contributed by atoms with Crippen molar-refractivity contribution in [2.24, 2.45) is 0 Å². The summed E-state index contributed by atoms with van der Waals surface area (Å²) in [6, 6.07) is 3.01. The van der Waals surface area contributed by atoms with E-state index in [-0.39, 0.29) is 0 Å². The third-order valence-corrected chi connectivity index (χ3v) is 2.11. The highest BCUT2D eigenvalue weighted by atomic mass is 19.3. The van der Waals surface area contributed by atoms with Crippen molar-refractivity contribution >= 4 is 11.6 Å². The molecule has 0 N–H and O–H groups in total. The van der Waals surface area contributed by atoms with Gasteiger partial charge in [-0.3, -0.25) is 9.78 Å². The first-order chi connectivity index (χ1) is 6.99. The first-order valence-electron chi connectivity index (χ1n) is 4.55. The van der Waals surface area contributed by atoms with Crippen molar-refractivity contribution in [3.05, 3.63) is 24.5 Å². The van der Waals surface area contributed by atoms with E-state index < -0.39 is 18.3 Å². The Morgan fingerprint density at radius 3 is 2.47 bits per heavy atom. The minimum Gasteiger partial charge on any atom is -0.310 e. The lowest BCUT2D eigenvalue weighted by Gasteiger charge is -2.22. The van der Waals surface area contributed by atoms with Crippen LogP contribution in [0.1, 0.15) is 13.3 Å². The number of carbonyl (C=O) groups excluding carboxylic acids is 1. The molecule has 0 fully saturated rings. The first kappa shape index (κ1) is 11.6. The highest BCUT2D eigenvalue weighted by Gasteiger charge is 2.39. The topological polar surface area (TPSA) is 33.2 Å². The zero-order valence-corrected chi connectivity index (χ0v) is 8.58. The summed E-state index contributed by atoms with van der Waals surface area (Å²) in [5.74, 6) is -4.51. The molecule has 0 spiro atoms. The molecule has 0 saturated carbocycles. The summed E-state index contributed by atoms with van der Waals surface area (Å²) in [5, 5.41) is 0. The van der Waals surface area contributed by atoms with Gasteiger partial charge in [0.25, 0.3) is 5.91 Å². The van der Waals surface area contributed by atoms with Gasteiger partial charge in [-0.05, 0) is 12.1 Å². The number of rotatable bonds is 3. The van der Waals surface area contributed by atoms with E-state index in [1.54, 1.807) is 0 Å².